The molecule has 4 rings (SSSR count). The third-order valence-corrected chi connectivity index (χ3v) is 5.50. The lowest BCUT2D eigenvalue weighted by Gasteiger charge is -2.34. The Morgan fingerprint density at radius 2 is 1.75 bits per heavy atom. The molecule has 0 atom stereocenters. The lowest BCUT2D eigenvalue weighted by Crippen LogP contribution is -2.50. The van der Waals surface area contributed by atoms with E-state index in [1.165, 1.54) is 0 Å². The van der Waals surface area contributed by atoms with E-state index < -0.39 is 0 Å². The summed E-state index contributed by atoms with van der Waals surface area (Å²) in [6.07, 6.45) is 4.73. The number of nitrogens with one attached hydrogen (secondary N) is 1. The number of para-hydroxylation sites is 1. The molecule has 1 amide bonds. The lowest BCUT2D eigenvalue weighted by atomic mass is 10.1. The Bertz CT molecular complexity index is 996. The molecular weight excluding hydrogens is 402 g/mol. The van der Waals surface area contributed by atoms with E-state index in [4.69, 9.17) is 5.10 Å². The summed E-state index contributed by atoms with van der Waals surface area (Å²) in [7, 11) is 0. The van der Waals surface area contributed by atoms with Crippen LogP contribution in [0.4, 0.5) is 5.95 Å². The van der Waals surface area contributed by atoms with Gasteiger partial charge >= 0.3 is 0 Å². The van der Waals surface area contributed by atoms with E-state index in [0.717, 1.165) is 55.6 Å². The van der Waals surface area contributed by atoms with E-state index in [-0.39, 0.29) is 12.3 Å². The topological polar surface area (TPSA) is 79.2 Å². The third kappa shape index (κ3) is 5.70. The molecule has 1 aliphatic rings. The summed E-state index contributed by atoms with van der Waals surface area (Å²) in [5.41, 5.74) is 2.95. The zero-order valence-electron chi connectivity index (χ0n) is 18.8. The van der Waals surface area contributed by atoms with Crippen molar-refractivity contribution in [3.05, 3.63) is 66.2 Å². The molecule has 0 radical (unpaired) electrons. The summed E-state index contributed by atoms with van der Waals surface area (Å²) in [5.74, 6) is 1.27. The summed E-state index contributed by atoms with van der Waals surface area (Å²) in [6.45, 7) is 8.34. The number of carbonyl (C=O) groups is 1. The van der Waals surface area contributed by atoms with Crippen LogP contribution in [-0.4, -0.2) is 63.4 Å². The van der Waals surface area contributed by atoms with Crippen LogP contribution < -0.4 is 10.2 Å². The van der Waals surface area contributed by atoms with Gasteiger partial charge in [-0.15, -0.1) is 0 Å². The van der Waals surface area contributed by atoms with Crippen LogP contribution in [0.3, 0.4) is 0 Å². The number of hydrogen-bond donors (Lipinski definition) is 1. The molecule has 32 heavy (non-hydrogen) atoms. The Kier molecular flexibility index (Phi) is 7.11. The molecular formula is C24H31N7O. The minimum atomic E-state index is -0.00682. The smallest absolute Gasteiger partial charge is 0.227 e. The highest BCUT2D eigenvalue weighted by atomic mass is 16.1. The molecule has 3 aromatic rings. The highest BCUT2D eigenvalue weighted by Crippen LogP contribution is 2.17. The van der Waals surface area contributed by atoms with E-state index in [2.05, 4.69) is 45.0 Å². The molecule has 168 valence electrons. The number of rotatable bonds is 8. The van der Waals surface area contributed by atoms with Crippen molar-refractivity contribution in [1.82, 2.24) is 30.0 Å². The predicted octanol–water partition coefficient (Wildman–Crippen LogP) is 2.30. The van der Waals surface area contributed by atoms with Gasteiger partial charge in [0, 0.05) is 44.3 Å². The zero-order valence-corrected chi connectivity index (χ0v) is 18.8. The molecule has 0 bridgehead atoms. The van der Waals surface area contributed by atoms with Crippen molar-refractivity contribution in [1.29, 1.82) is 0 Å². The van der Waals surface area contributed by atoms with Crippen molar-refractivity contribution in [2.24, 2.45) is 5.92 Å². The SMILES string of the molecule is CC(C)Cc1cc(CC(=O)NCN2CCN(c3ncccn3)CC2)nn1-c1ccccc1. The molecule has 8 heteroatoms. The molecule has 1 aromatic carbocycles. The summed E-state index contributed by atoms with van der Waals surface area (Å²) >= 11 is 0. The van der Waals surface area contributed by atoms with E-state index in [9.17, 15) is 4.79 Å². The van der Waals surface area contributed by atoms with Crippen LogP contribution in [0.5, 0.6) is 0 Å². The molecule has 8 nitrogen and oxygen atoms in total. The zero-order chi connectivity index (χ0) is 22.3. The highest BCUT2D eigenvalue weighted by Gasteiger charge is 2.19. The second-order valence-electron chi connectivity index (χ2n) is 8.56. The van der Waals surface area contributed by atoms with Gasteiger partial charge in [0.2, 0.25) is 11.9 Å². The highest BCUT2D eigenvalue weighted by molar-refractivity contribution is 5.78. The molecule has 0 spiro atoms. The Morgan fingerprint density at radius 3 is 2.44 bits per heavy atom. The van der Waals surface area contributed by atoms with Crippen molar-refractivity contribution in [3.63, 3.8) is 0 Å². The largest absolute Gasteiger partial charge is 0.343 e. The van der Waals surface area contributed by atoms with Gasteiger partial charge in [0.05, 0.1) is 24.5 Å². The van der Waals surface area contributed by atoms with Gasteiger partial charge in [-0.05, 0) is 36.6 Å². The number of hydrogen-bond acceptors (Lipinski definition) is 6. The van der Waals surface area contributed by atoms with Crippen LogP contribution in [-0.2, 0) is 17.6 Å². The molecule has 0 saturated carbocycles. The van der Waals surface area contributed by atoms with Crippen LogP contribution in [0.1, 0.15) is 25.2 Å². The van der Waals surface area contributed by atoms with Gasteiger partial charge in [0.15, 0.2) is 0 Å². The summed E-state index contributed by atoms with van der Waals surface area (Å²) < 4.78 is 1.97. The fraction of sp³-hybridized carbons (Fsp3) is 0.417. The second-order valence-corrected chi connectivity index (χ2v) is 8.56. The number of piperazine rings is 1. The van der Waals surface area contributed by atoms with Crippen molar-refractivity contribution in [2.45, 2.75) is 26.7 Å². The van der Waals surface area contributed by atoms with E-state index in [1.54, 1.807) is 12.4 Å². The van der Waals surface area contributed by atoms with Crippen LogP contribution in [0.15, 0.2) is 54.9 Å². The van der Waals surface area contributed by atoms with E-state index >= 15 is 0 Å². The third-order valence-electron chi connectivity index (χ3n) is 5.50. The quantitative estimate of drug-likeness (QED) is 0.587. The number of nitrogens with zero attached hydrogens (tertiary/aromatic N) is 6. The van der Waals surface area contributed by atoms with Crippen LogP contribution in [0.25, 0.3) is 5.69 Å². The van der Waals surface area contributed by atoms with E-state index in [1.807, 2.05) is 41.1 Å². The van der Waals surface area contributed by atoms with Crippen molar-refractivity contribution >= 4 is 11.9 Å². The molecule has 1 fully saturated rings. The number of carbonyl (C=O) groups excluding carboxylic acids is 1. The maximum atomic E-state index is 12.6. The molecule has 3 heterocycles. The first-order chi connectivity index (χ1) is 15.6. The van der Waals surface area contributed by atoms with Crippen molar-refractivity contribution in [3.8, 4) is 5.69 Å². The van der Waals surface area contributed by atoms with Gasteiger partial charge < -0.3 is 10.2 Å². The maximum Gasteiger partial charge on any atom is 0.227 e. The normalized spacial score (nSPS) is 14.7. The molecule has 1 aliphatic heterocycles. The maximum absolute atomic E-state index is 12.6. The average Bonchev–Trinajstić information content (AvgIpc) is 3.20. The van der Waals surface area contributed by atoms with Gasteiger partial charge in [-0.25, -0.2) is 14.6 Å². The first kappa shape index (κ1) is 22.0. The Morgan fingerprint density at radius 1 is 1.03 bits per heavy atom. The van der Waals surface area contributed by atoms with Gasteiger partial charge in [0.1, 0.15) is 0 Å². The van der Waals surface area contributed by atoms with Crippen molar-refractivity contribution in [2.75, 3.05) is 37.7 Å². The summed E-state index contributed by atoms with van der Waals surface area (Å²) in [6, 6.07) is 14.0. The molecule has 1 saturated heterocycles. The molecule has 0 unspecified atom stereocenters. The van der Waals surface area contributed by atoms with Crippen LogP contribution in [0.2, 0.25) is 0 Å². The van der Waals surface area contributed by atoms with E-state index in [0.29, 0.717) is 12.6 Å². The molecule has 2 aromatic heterocycles. The number of anilines is 1. The van der Waals surface area contributed by atoms with Crippen LogP contribution in [0, 0.1) is 5.92 Å². The first-order valence-corrected chi connectivity index (χ1v) is 11.2. The minimum absolute atomic E-state index is 0.00682. The second kappa shape index (κ2) is 10.4. The monoisotopic (exact) mass is 433 g/mol. The van der Waals surface area contributed by atoms with Crippen LogP contribution >= 0.6 is 0 Å². The Balaban J connectivity index is 1.30. The minimum Gasteiger partial charge on any atom is -0.343 e. The number of aromatic nitrogens is 4. The Labute approximate surface area is 189 Å². The fourth-order valence-electron chi connectivity index (χ4n) is 3.91. The molecule has 0 aliphatic carbocycles. The summed E-state index contributed by atoms with van der Waals surface area (Å²) in [5, 5.41) is 7.79. The molecule has 1 N–H and O–H groups in total. The number of amides is 1. The average molecular weight is 434 g/mol. The van der Waals surface area contributed by atoms with Gasteiger partial charge in [-0.3, -0.25) is 9.69 Å². The lowest BCUT2D eigenvalue weighted by molar-refractivity contribution is -0.121. The predicted molar refractivity (Wildman–Crippen MR) is 125 cm³/mol. The van der Waals surface area contributed by atoms with Gasteiger partial charge in [-0.1, -0.05) is 32.0 Å². The standard InChI is InChI=1S/C24H31N7O/c1-19(2)15-22-16-20(28-31(22)21-7-4-3-5-8-21)17-23(32)27-18-29-11-13-30(14-12-29)24-25-9-6-10-26-24/h3-10,16,19H,11-15,17-18H2,1-2H3,(H,27,32). The van der Waals surface area contributed by atoms with Crippen molar-refractivity contribution < 1.29 is 4.79 Å². The Hall–Kier alpha value is -3.26. The number of benzene rings is 1. The fourth-order valence-corrected chi connectivity index (χ4v) is 3.91. The van der Waals surface area contributed by atoms with Gasteiger partial charge in [-0.2, -0.15) is 5.10 Å². The van der Waals surface area contributed by atoms with Gasteiger partial charge in [0.25, 0.3) is 0 Å². The first-order valence-electron chi connectivity index (χ1n) is 11.2. The summed E-state index contributed by atoms with van der Waals surface area (Å²) in [4.78, 5) is 25.6.